The fourth-order valence-corrected chi connectivity index (χ4v) is 7.47. The van der Waals surface area contributed by atoms with Gasteiger partial charge in [-0.05, 0) is 85.8 Å². The van der Waals surface area contributed by atoms with Crippen molar-refractivity contribution >= 4 is 5.91 Å². The first kappa shape index (κ1) is 21.4. The molecule has 4 aliphatic rings. The summed E-state index contributed by atoms with van der Waals surface area (Å²) in [7, 11) is 0. The molecule has 1 N–H and O–H groups in total. The number of para-hydroxylation sites is 1. The van der Waals surface area contributed by atoms with Crippen molar-refractivity contribution in [2.45, 2.75) is 44.9 Å². The average molecular weight is 453 g/mol. The number of nitrogens with zero attached hydrogens (tertiary/aromatic N) is 1. The molecular weight excluding hydrogens is 420 g/mol. The van der Waals surface area contributed by atoms with Crippen molar-refractivity contribution in [3.05, 3.63) is 88.7 Å². The van der Waals surface area contributed by atoms with E-state index in [0.717, 1.165) is 41.1 Å². The molecule has 4 nitrogen and oxygen atoms in total. The largest absolute Gasteiger partial charge is 0.352 e. The van der Waals surface area contributed by atoms with Crippen molar-refractivity contribution in [1.82, 2.24) is 9.88 Å². The lowest BCUT2D eigenvalue weighted by atomic mass is 9.49. The fourth-order valence-electron chi connectivity index (χ4n) is 7.47. The van der Waals surface area contributed by atoms with Crippen molar-refractivity contribution in [1.29, 1.82) is 0 Å². The molecule has 0 saturated heterocycles. The van der Waals surface area contributed by atoms with E-state index in [1.165, 1.54) is 38.5 Å². The Labute approximate surface area is 201 Å². The summed E-state index contributed by atoms with van der Waals surface area (Å²) in [6.45, 7) is 0.649. The average Bonchev–Trinajstić information content (AvgIpc) is 2.84. The van der Waals surface area contributed by atoms with E-state index in [0.29, 0.717) is 12.0 Å². The number of hydrogen-bond acceptors (Lipinski definition) is 2. The zero-order chi connectivity index (χ0) is 23.1. The van der Waals surface area contributed by atoms with E-state index in [-0.39, 0.29) is 16.9 Å². The molecule has 4 heteroatoms. The molecule has 7 rings (SSSR count). The van der Waals surface area contributed by atoms with Crippen LogP contribution in [0.15, 0.2) is 77.7 Å². The zero-order valence-corrected chi connectivity index (χ0v) is 19.6. The van der Waals surface area contributed by atoms with Gasteiger partial charge in [0, 0.05) is 24.5 Å². The van der Waals surface area contributed by atoms with Crippen molar-refractivity contribution < 1.29 is 4.79 Å². The van der Waals surface area contributed by atoms with Gasteiger partial charge in [0.25, 0.3) is 5.91 Å². The summed E-state index contributed by atoms with van der Waals surface area (Å²) in [5.74, 6) is 2.46. The molecule has 0 radical (unpaired) electrons. The third-order valence-corrected chi connectivity index (χ3v) is 8.51. The second kappa shape index (κ2) is 8.57. The zero-order valence-electron chi connectivity index (χ0n) is 19.6. The minimum Gasteiger partial charge on any atom is -0.352 e. The maximum Gasteiger partial charge on any atom is 0.256 e. The number of carbonyl (C=O) groups excluding carboxylic acids is 1. The molecule has 0 aliphatic heterocycles. The molecule has 4 aliphatic carbocycles. The van der Waals surface area contributed by atoms with Crippen LogP contribution in [0.1, 0.15) is 55.3 Å². The second-order valence-corrected chi connectivity index (χ2v) is 10.9. The van der Waals surface area contributed by atoms with Crippen LogP contribution in [-0.4, -0.2) is 17.0 Å². The van der Waals surface area contributed by atoms with E-state index in [1.807, 2.05) is 65.2 Å². The number of rotatable bonds is 6. The van der Waals surface area contributed by atoms with E-state index in [1.54, 1.807) is 12.3 Å². The van der Waals surface area contributed by atoms with Crippen LogP contribution in [0.4, 0.5) is 0 Å². The van der Waals surface area contributed by atoms with Crippen molar-refractivity contribution in [3.8, 4) is 16.9 Å². The topological polar surface area (TPSA) is 51.1 Å². The molecule has 34 heavy (non-hydrogen) atoms. The monoisotopic (exact) mass is 452 g/mol. The molecule has 1 amide bonds. The lowest BCUT2D eigenvalue weighted by molar-refractivity contribution is -0.0564. The van der Waals surface area contributed by atoms with E-state index >= 15 is 0 Å². The smallest absolute Gasteiger partial charge is 0.256 e. The van der Waals surface area contributed by atoms with Crippen molar-refractivity contribution in [2.75, 3.05) is 6.54 Å². The second-order valence-electron chi connectivity index (χ2n) is 10.9. The Bertz CT molecular complexity index is 1210. The first-order chi connectivity index (χ1) is 16.6. The van der Waals surface area contributed by atoms with Crippen LogP contribution in [0.2, 0.25) is 0 Å². The Morgan fingerprint density at radius 2 is 1.47 bits per heavy atom. The van der Waals surface area contributed by atoms with Crippen LogP contribution < -0.4 is 10.7 Å². The van der Waals surface area contributed by atoms with E-state index in [9.17, 15) is 9.59 Å². The van der Waals surface area contributed by atoms with Crippen LogP contribution >= 0.6 is 0 Å². The number of hydrogen-bond donors (Lipinski definition) is 1. The number of aromatic nitrogens is 1. The predicted molar refractivity (Wildman–Crippen MR) is 135 cm³/mol. The highest BCUT2D eigenvalue weighted by atomic mass is 16.2. The minimum atomic E-state index is -0.265. The standard InChI is InChI=1S/C30H32N2O2/c33-28-16-27(24-7-3-1-4-8-24)32(25-9-5-2-6-10-25)20-26(28)29(34)31-12-11-30-17-21-13-22(18-30)15-23(14-21)19-30/h1-10,16,20-23H,11-15,17-19H2,(H,31,34). The van der Waals surface area contributed by atoms with Gasteiger partial charge in [-0.2, -0.15) is 0 Å². The molecule has 1 aromatic heterocycles. The Kier molecular flexibility index (Phi) is 5.40. The highest BCUT2D eigenvalue weighted by Crippen LogP contribution is 2.61. The van der Waals surface area contributed by atoms with Crippen LogP contribution in [0.3, 0.4) is 0 Å². The highest BCUT2D eigenvalue weighted by Gasteiger charge is 2.50. The van der Waals surface area contributed by atoms with E-state index in [2.05, 4.69) is 5.32 Å². The SMILES string of the molecule is O=C(NCCC12CC3CC(CC(C3)C1)C2)c1cn(-c2ccccc2)c(-c2ccccc2)cc1=O. The Morgan fingerprint density at radius 3 is 2.09 bits per heavy atom. The molecule has 0 spiro atoms. The normalized spacial score (nSPS) is 27.0. The molecule has 3 aromatic rings. The van der Waals surface area contributed by atoms with Gasteiger partial charge in [-0.1, -0.05) is 48.5 Å². The van der Waals surface area contributed by atoms with Gasteiger partial charge in [-0.25, -0.2) is 0 Å². The number of benzene rings is 2. The van der Waals surface area contributed by atoms with Crippen molar-refractivity contribution in [2.24, 2.45) is 23.2 Å². The molecule has 0 atom stereocenters. The van der Waals surface area contributed by atoms with Crippen LogP contribution in [0.25, 0.3) is 16.9 Å². The maximum absolute atomic E-state index is 13.2. The third-order valence-electron chi connectivity index (χ3n) is 8.51. The molecule has 4 bridgehead atoms. The Morgan fingerprint density at radius 1 is 0.882 bits per heavy atom. The lowest BCUT2D eigenvalue weighted by Crippen LogP contribution is -2.47. The van der Waals surface area contributed by atoms with Gasteiger partial charge < -0.3 is 9.88 Å². The summed E-state index contributed by atoms with van der Waals surface area (Å²) in [6, 6.07) is 21.3. The van der Waals surface area contributed by atoms with Crippen LogP contribution in [0.5, 0.6) is 0 Å². The van der Waals surface area contributed by atoms with Gasteiger partial charge in [0.05, 0.1) is 5.69 Å². The predicted octanol–water partition coefficient (Wildman–Crippen LogP) is 5.84. The van der Waals surface area contributed by atoms with Crippen molar-refractivity contribution in [3.63, 3.8) is 0 Å². The summed E-state index contributed by atoms with van der Waals surface area (Å²) >= 11 is 0. The van der Waals surface area contributed by atoms with Gasteiger partial charge in [0.2, 0.25) is 0 Å². The van der Waals surface area contributed by atoms with Gasteiger partial charge in [0.1, 0.15) is 5.56 Å². The molecule has 174 valence electrons. The molecular formula is C30H32N2O2. The molecule has 4 fully saturated rings. The summed E-state index contributed by atoms with van der Waals surface area (Å²) in [4.78, 5) is 26.2. The Hall–Kier alpha value is -3.14. The molecule has 0 unspecified atom stereocenters. The van der Waals surface area contributed by atoms with Gasteiger partial charge in [-0.3, -0.25) is 9.59 Å². The fraction of sp³-hybridized carbons (Fsp3) is 0.400. The molecule has 2 aromatic carbocycles. The quantitative estimate of drug-likeness (QED) is 0.511. The van der Waals surface area contributed by atoms with Gasteiger partial charge in [0.15, 0.2) is 5.43 Å². The number of pyridine rings is 1. The molecule has 1 heterocycles. The number of amides is 1. The van der Waals surface area contributed by atoms with Gasteiger partial charge in [-0.15, -0.1) is 0 Å². The van der Waals surface area contributed by atoms with E-state index in [4.69, 9.17) is 0 Å². The first-order valence-electron chi connectivity index (χ1n) is 12.7. The lowest BCUT2D eigenvalue weighted by Gasteiger charge is -2.57. The minimum absolute atomic E-state index is 0.203. The van der Waals surface area contributed by atoms with Crippen LogP contribution in [0, 0.1) is 23.2 Å². The van der Waals surface area contributed by atoms with E-state index < -0.39 is 0 Å². The molecule has 4 saturated carbocycles. The number of nitrogens with one attached hydrogen (secondary N) is 1. The summed E-state index contributed by atoms with van der Waals surface area (Å²) in [5.41, 5.74) is 3.03. The first-order valence-corrected chi connectivity index (χ1v) is 12.7. The maximum atomic E-state index is 13.2. The summed E-state index contributed by atoms with van der Waals surface area (Å²) in [5, 5.41) is 3.10. The Balaban J connectivity index is 1.24. The van der Waals surface area contributed by atoms with Crippen LogP contribution in [-0.2, 0) is 0 Å². The summed E-state index contributed by atoms with van der Waals surface area (Å²) in [6.07, 6.45) is 11.0. The highest BCUT2D eigenvalue weighted by molar-refractivity contribution is 5.94. The van der Waals surface area contributed by atoms with Gasteiger partial charge >= 0.3 is 0 Å². The third kappa shape index (κ3) is 4.00. The number of carbonyl (C=O) groups is 1. The summed E-state index contributed by atoms with van der Waals surface area (Å²) < 4.78 is 1.95.